The van der Waals surface area contributed by atoms with Crippen molar-refractivity contribution in [1.29, 1.82) is 5.26 Å². The number of nitrogens with zero attached hydrogens (tertiary/aromatic N) is 3. The Hall–Kier alpha value is -3.90. The summed E-state index contributed by atoms with van der Waals surface area (Å²) in [6.07, 6.45) is 5.65. The van der Waals surface area contributed by atoms with Crippen LogP contribution in [0.5, 0.6) is 5.75 Å². The maximum atomic E-state index is 12.9. The number of benzene rings is 2. The van der Waals surface area contributed by atoms with Crippen LogP contribution in [0.4, 0.5) is 0 Å². The Morgan fingerprint density at radius 2 is 2.05 bits per heavy atom. The molecule has 2 heterocycles. The van der Waals surface area contributed by atoms with Crippen molar-refractivity contribution in [3.05, 3.63) is 71.4 Å². The highest BCUT2D eigenvalue weighted by molar-refractivity contribution is 7.91. The zero-order valence-corrected chi connectivity index (χ0v) is 21.8. The molecule has 1 N–H and O–H groups in total. The van der Waals surface area contributed by atoms with Crippen LogP contribution in [0.2, 0.25) is 0 Å². The number of aryl methyl sites for hydroxylation is 1. The van der Waals surface area contributed by atoms with Crippen LogP contribution in [0.3, 0.4) is 0 Å². The second-order valence-corrected chi connectivity index (χ2v) is 11.4. The Morgan fingerprint density at radius 1 is 1.27 bits per heavy atom. The molecule has 37 heavy (non-hydrogen) atoms. The van der Waals surface area contributed by atoms with Gasteiger partial charge in [0.25, 0.3) is 5.91 Å². The molecule has 2 aromatic carbocycles. The maximum Gasteiger partial charge on any atom is 0.262 e. The largest absolute Gasteiger partial charge is 0.494 e. The lowest BCUT2D eigenvalue weighted by Gasteiger charge is -2.11. The van der Waals surface area contributed by atoms with Gasteiger partial charge in [-0.05, 0) is 61.7 Å². The zero-order valence-electron chi connectivity index (χ0n) is 21.0. The molecule has 1 amide bonds. The lowest BCUT2D eigenvalue weighted by Crippen LogP contribution is -2.36. The average Bonchev–Trinajstić information content (AvgIpc) is 3.45. The van der Waals surface area contributed by atoms with Gasteiger partial charge in [0.2, 0.25) is 0 Å². The number of hydrogen-bond acceptors (Lipinski definition) is 6. The second kappa shape index (κ2) is 11.4. The van der Waals surface area contributed by atoms with E-state index in [0.29, 0.717) is 24.3 Å². The molecule has 1 atom stereocenters. The number of aromatic nitrogens is 2. The van der Waals surface area contributed by atoms with Crippen molar-refractivity contribution in [2.24, 2.45) is 0 Å². The fraction of sp³-hybridized carbons (Fsp3) is 0.321. The summed E-state index contributed by atoms with van der Waals surface area (Å²) in [4.78, 5) is 12.9. The average molecular weight is 519 g/mol. The first-order chi connectivity index (χ1) is 17.8. The van der Waals surface area contributed by atoms with Crippen LogP contribution in [0.15, 0.2) is 60.3 Å². The molecule has 3 aromatic rings. The van der Waals surface area contributed by atoms with E-state index in [2.05, 4.69) is 12.2 Å². The van der Waals surface area contributed by atoms with Gasteiger partial charge in [-0.1, -0.05) is 31.5 Å². The number of amides is 1. The molecule has 0 aliphatic carbocycles. The van der Waals surface area contributed by atoms with Crippen molar-refractivity contribution in [2.45, 2.75) is 39.2 Å². The topological polar surface area (TPSA) is 114 Å². The molecule has 0 radical (unpaired) electrons. The van der Waals surface area contributed by atoms with Crippen LogP contribution in [0.1, 0.15) is 37.3 Å². The lowest BCUT2D eigenvalue weighted by atomic mass is 10.0. The van der Waals surface area contributed by atoms with E-state index in [0.717, 1.165) is 35.4 Å². The first-order valence-electron chi connectivity index (χ1n) is 12.3. The van der Waals surface area contributed by atoms with Gasteiger partial charge in [-0.25, -0.2) is 13.1 Å². The number of carbonyl (C=O) groups excluding carboxylic acids is 1. The predicted molar refractivity (Wildman–Crippen MR) is 143 cm³/mol. The molecule has 1 saturated heterocycles. The van der Waals surface area contributed by atoms with Gasteiger partial charge >= 0.3 is 0 Å². The number of nitrogens with one attached hydrogen (secondary N) is 1. The fourth-order valence-electron chi connectivity index (χ4n) is 4.22. The van der Waals surface area contributed by atoms with Gasteiger partial charge in [0.05, 0.1) is 23.8 Å². The minimum atomic E-state index is -3.16. The summed E-state index contributed by atoms with van der Waals surface area (Å²) in [5.74, 6) is 0.104. The van der Waals surface area contributed by atoms with Crippen molar-refractivity contribution >= 4 is 21.8 Å². The van der Waals surface area contributed by atoms with E-state index in [4.69, 9.17) is 9.84 Å². The van der Waals surface area contributed by atoms with Crippen molar-refractivity contribution in [1.82, 2.24) is 15.1 Å². The van der Waals surface area contributed by atoms with Crippen molar-refractivity contribution in [2.75, 3.05) is 18.1 Å². The molecule has 1 aliphatic rings. The van der Waals surface area contributed by atoms with Crippen molar-refractivity contribution < 1.29 is 17.9 Å². The van der Waals surface area contributed by atoms with E-state index < -0.39 is 21.8 Å². The minimum Gasteiger partial charge on any atom is -0.494 e. The van der Waals surface area contributed by atoms with Crippen LogP contribution in [0.25, 0.3) is 23.0 Å². The summed E-state index contributed by atoms with van der Waals surface area (Å²) in [6, 6.07) is 16.8. The molecular formula is C28H30N4O4S. The molecule has 9 heteroatoms. The van der Waals surface area contributed by atoms with Gasteiger partial charge in [0.15, 0.2) is 9.84 Å². The van der Waals surface area contributed by atoms with E-state index in [-0.39, 0.29) is 17.1 Å². The fourth-order valence-corrected chi connectivity index (χ4v) is 5.89. The Balaban J connectivity index is 1.70. The quantitative estimate of drug-likeness (QED) is 0.258. The van der Waals surface area contributed by atoms with Crippen LogP contribution >= 0.6 is 0 Å². The third-order valence-electron chi connectivity index (χ3n) is 6.22. The van der Waals surface area contributed by atoms with E-state index in [1.165, 1.54) is 6.08 Å². The van der Waals surface area contributed by atoms with Crippen LogP contribution in [-0.4, -0.2) is 48.3 Å². The SMILES string of the molecule is CCCCOc1ccc(-c2nn(-c3ccccc3)cc2/C=C(/C#N)C(=O)N[C@@H]2CCS(=O)(=O)C2)c(C)c1. The first-order valence-corrected chi connectivity index (χ1v) is 14.1. The number of rotatable bonds is 9. The highest BCUT2D eigenvalue weighted by Gasteiger charge is 2.29. The molecule has 192 valence electrons. The molecule has 0 bridgehead atoms. The van der Waals surface area contributed by atoms with E-state index in [1.807, 2.05) is 61.5 Å². The van der Waals surface area contributed by atoms with E-state index >= 15 is 0 Å². The lowest BCUT2D eigenvalue weighted by molar-refractivity contribution is -0.117. The second-order valence-electron chi connectivity index (χ2n) is 9.14. The standard InChI is InChI=1S/C28H30N4O4S/c1-3-4-13-36-25-10-11-26(20(2)15-25)27-22(18-32(31-27)24-8-6-5-7-9-24)16-21(17-29)28(33)30-23-12-14-37(34,35)19-23/h5-11,15-16,18,23H,3-4,12-14,19H2,1-2H3,(H,30,33)/b21-16-/t23-/m1/s1. The summed E-state index contributed by atoms with van der Waals surface area (Å²) in [5, 5.41) is 17.3. The van der Waals surface area contributed by atoms with E-state index in [1.54, 1.807) is 10.9 Å². The molecule has 0 unspecified atom stereocenters. The molecule has 8 nitrogen and oxygen atoms in total. The maximum absolute atomic E-state index is 12.9. The monoisotopic (exact) mass is 518 g/mol. The van der Waals surface area contributed by atoms with Gasteiger partial charge in [-0.15, -0.1) is 0 Å². The summed E-state index contributed by atoms with van der Waals surface area (Å²) >= 11 is 0. The number of sulfone groups is 1. The highest BCUT2D eigenvalue weighted by Crippen LogP contribution is 2.31. The molecule has 1 aliphatic heterocycles. The third kappa shape index (κ3) is 6.46. The van der Waals surface area contributed by atoms with Gasteiger partial charge in [0, 0.05) is 23.4 Å². The first kappa shape index (κ1) is 26.2. The van der Waals surface area contributed by atoms with Gasteiger partial charge in [0.1, 0.15) is 23.1 Å². The number of ether oxygens (including phenoxy) is 1. The number of nitriles is 1. The molecular weight excluding hydrogens is 488 g/mol. The zero-order chi connectivity index (χ0) is 26.4. The third-order valence-corrected chi connectivity index (χ3v) is 7.98. The van der Waals surface area contributed by atoms with Gasteiger partial charge < -0.3 is 10.1 Å². The molecule has 0 spiro atoms. The van der Waals surface area contributed by atoms with Crippen molar-refractivity contribution in [3.63, 3.8) is 0 Å². The molecule has 1 aromatic heterocycles. The number of carbonyl (C=O) groups is 1. The van der Waals surface area contributed by atoms with E-state index in [9.17, 15) is 18.5 Å². The predicted octanol–water partition coefficient (Wildman–Crippen LogP) is 4.24. The summed E-state index contributed by atoms with van der Waals surface area (Å²) in [5.41, 5.74) is 3.72. The molecule has 1 fully saturated rings. The van der Waals surface area contributed by atoms with Gasteiger partial charge in [-0.2, -0.15) is 10.4 Å². The number of unbranched alkanes of at least 4 members (excludes halogenated alkanes) is 1. The Labute approximate surface area is 217 Å². The number of para-hydroxylation sites is 1. The molecule has 4 rings (SSSR count). The molecule has 0 saturated carbocycles. The number of hydrogen-bond donors (Lipinski definition) is 1. The highest BCUT2D eigenvalue weighted by atomic mass is 32.2. The van der Waals surface area contributed by atoms with Crippen LogP contribution in [0, 0.1) is 18.3 Å². The summed E-state index contributed by atoms with van der Waals surface area (Å²) in [6.45, 7) is 4.73. The van der Waals surface area contributed by atoms with Crippen molar-refractivity contribution in [3.8, 4) is 28.8 Å². The van der Waals surface area contributed by atoms with Crippen LogP contribution < -0.4 is 10.1 Å². The summed E-state index contributed by atoms with van der Waals surface area (Å²) < 4.78 is 31.1. The van der Waals surface area contributed by atoms with Gasteiger partial charge in [-0.3, -0.25) is 4.79 Å². The van der Waals surface area contributed by atoms with Crippen LogP contribution in [-0.2, 0) is 14.6 Å². The minimum absolute atomic E-state index is 0.0367. The smallest absolute Gasteiger partial charge is 0.262 e. The Morgan fingerprint density at radius 3 is 2.70 bits per heavy atom. The Kier molecular flexibility index (Phi) is 8.09. The normalized spacial score (nSPS) is 16.8. The summed E-state index contributed by atoms with van der Waals surface area (Å²) in [7, 11) is -3.16. The Bertz CT molecular complexity index is 1450.